The third kappa shape index (κ3) is 3.83. The molecule has 4 nitrogen and oxygen atoms in total. The largest absolute Gasteiger partial charge is 0.481 e. The van der Waals surface area contributed by atoms with Crippen LogP contribution in [0, 0.1) is 11.3 Å². The topological polar surface area (TPSA) is 53.4 Å². The van der Waals surface area contributed by atoms with E-state index in [1.165, 1.54) is 43.8 Å². The number of hydrogen-bond donors (Lipinski definition) is 1. The first-order chi connectivity index (χ1) is 10.2. The molecule has 116 valence electrons. The third-order valence-corrected chi connectivity index (χ3v) is 6.15. The van der Waals surface area contributed by atoms with Gasteiger partial charge in [-0.3, -0.25) is 9.69 Å². The molecule has 1 N–H and O–H groups in total. The van der Waals surface area contributed by atoms with Crippen LogP contribution in [0.5, 0.6) is 0 Å². The molecule has 2 heterocycles. The van der Waals surface area contributed by atoms with Gasteiger partial charge >= 0.3 is 5.97 Å². The Morgan fingerprint density at radius 2 is 2.05 bits per heavy atom. The van der Waals surface area contributed by atoms with Gasteiger partial charge in [-0.25, -0.2) is 4.98 Å². The zero-order valence-electron chi connectivity index (χ0n) is 12.5. The van der Waals surface area contributed by atoms with Gasteiger partial charge in [-0.05, 0) is 62.9 Å². The van der Waals surface area contributed by atoms with Gasteiger partial charge in [0.15, 0.2) is 0 Å². The molecule has 3 rings (SSSR count). The van der Waals surface area contributed by atoms with Crippen molar-refractivity contribution in [2.45, 2.75) is 51.5 Å². The number of aliphatic carboxylic acids is 1. The van der Waals surface area contributed by atoms with Crippen molar-refractivity contribution in [1.82, 2.24) is 9.88 Å². The highest BCUT2D eigenvalue weighted by Crippen LogP contribution is 2.47. The number of nitrogens with zero attached hydrogens (tertiary/aromatic N) is 2. The van der Waals surface area contributed by atoms with Gasteiger partial charge in [-0.1, -0.05) is 0 Å². The summed E-state index contributed by atoms with van der Waals surface area (Å²) in [6.07, 6.45) is 9.49. The smallest absolute Gasteiger partial charge is 0.303 e. The average molecular weight is 308 g/mol. The van der Waals surface area contributed by atoms with Crippen molar-refractivity contribution in [1.29, 1.82) is 0 Å². The van der Waals surface area contributed by atoms with Crippen LogP contribution in [0.4, 0.5) is 0 Å². The van der Waals surface area contributed by atoms with Gasteiger partial charge in [0.05, 0.1) is 6.54 Å². The van der Waals surface area contributed by atoms with Crippen LogP contribution in [0.1, 0.15) is 50.0 Å². The summed E-state index contributed by atoms with van der Waals surface area (Å²) in [5.74, 6) is -0.212. The summed E-state index contributed by atoms with van der Waals surface area (Å²) in [6, 6.07) is 0. The van der Waals surface area contributed by atoms with E-state index in [1.807, 2.05) is 11.6 Å². The first-order valence-corrected chi connectivity index (χ1v) is 8.86. The summed E-state index contributed by atoms with van der Waals surface area (Å²) in [5, 5.41) is 12.2. The molecule has 2 fully saturated rings. The fourth-order valence-corrected chi connectivity index (χ4v) is 4.61. The standard InChI is InChI=1S/C16H24N2O2S/c19-15(20)11-13-1-3-16(4-2-13)5-8-18(9-6-16)12-14-17-7-10-21-14/h7,10,13H,1-6,8-9,11-12H2,(H,19,20). The minimum absolute atomic E-state index is 0.367. The van der Waals surface area contributed by atoms with Crippen molar-refractivity contribution in [2.24, 2.45) is 11.3 Å². The number of carbonyl (C=O) groups is 1. The molecule has 0 atom stereocenters. The van der Waals surface area contributed by atoms with Crippen LogP contribution < -0.4 is 0 Å². The molecule has 1 aliphatic carbocycles. The molecule has 1 saturated carbocycles. The lowest BCUT2D eigenvalue weighted by Crippen LogP contribution is -2.41. The van der Waals surface area contributed by atoms with Crippen LogP contribution in [-0.4, -0.2) is 34.0 Å². The molecule has 1 aliphatic heterocycles. The summed E-state index contributed by atoms with van der Waals surface area (Å²) >= 11 is 1.74. The van der Waals surface area contributed by atoms with Crippen LogP contribution in [0.15, 0.2) is 11.6 Å². The number of thiazole rings is 1. The van der Waals surface area contributed by atoms with Gasteiger partial charge in [-0.15, -0.1) is 11.3 Å². The second-order valence-electron chi connectivity index (χ2n) is 6.74. The van der Waals surface area contributed by atoms with Gasteiger partial charge in [0.2, 0.25) is 0 Å². The van der Waals surface area contributed by atoms with E-state index in [4.69, 9.17) is 5.11 Å². The highest BCUT2D eigenvalue weighted by atomic mass is 32.1. The van der Waals surface area contributed by atoms with E-state index < -0.39 is 5.97 Å². The van der Waals surface area contributed by atoms with E-state index in [2.05, 4.69) is 9.88 Å². The molecule has 0 amide bonds. The Labute approximate surface area is 130 Å². The SMILES string of the molecule is O=C(O)CC1CCC2(CC1)CCN(Cc1nccs1)CC2. The van der Waals surface area contributed by atoms with Crippen LogP contribution in [0.25, 0.3) is 0 Å². The monoisotopic (exact) mass is 308 g/mol. The lowest BCUT2D eigenvalue weighted by molar-refractivity contribution is -0.138. The number of hydrogen-bond acceptors (Lipinski definition) is 4. The Hall–Kier alpha value is -0.940. The molecule has 1 aromatic heterocycles. The molecule has 0 radical (unpaired) electrons. The lowest BCUT2D eigenvalue weighted by Gasteiger charge is -2.45. The Morgan fingerprint density at radius 3 is 2.62 bits per heavy atom. The minimum Gasteiger partial charge on any atom is -0.481 e. The lowest BCUT2D eigenvalue weighted by atomic mass is 9.65. The van der Waals surface area contributed by atoms with Gasteiger partial charge in [0, 0.05) is 18.0 Å². The van der Waals surface area contributed by atoms with E-state index in [0.717, 1.165) is 19.4 Å². The zero-order valence-corrected chi connectivity index (χ0v) is 13.3. The van der Waals surface area contributed by atoms with Gasteiger partial charge in [-0.2, -0.15) is 0 Å². The van der Waals surface area contributed by atoms with Crippen molar-refractivity contribution >= 4 is 17.3 Å². The fourth-order valence-electron chi connectivity index (χ4n) is 3.95. The van der Waals surface area contributed by atoms with E-state index in [9.17, 15) is 4.79 Å². The Balaban J connectivity index is 1.46. The van der Waals surface area contributed by atoms with E-state index in [0.29, 0.717) is 17.8 Å². The average Bonchev–Trinajstić information content (AvgIpc) is 2.97. The van der Waals surface area contributed by atoms with Gasteiger partial charge in [0.25, 0.3) is 0 Å². The predicted molar refractivity (Wildman–Crippen MR) is 83.3 cm³/mol. The van der Waals surface area contributed by atoms with Gasteiger partial charge < -0.3 is 5.11 Å². The quantitative estimate of drug-likeness (QED) is 0.926. The zero-order chi connectivity index (χ0) is 14.7. The molecule has 1 spiro atoms. The third-order valence-electron chi connectivity index (χ3n) is 5.39. The summed E-state index contributed by atoms with van der Waals surface area (Å²) in [6.45, 7) is 3.34. The number of aromatic nitrogens is 1. The maximum atomic E-state index is 10.8. The first kappa shape index (κ1) is 15.0. The van der Waals surface area contributed by atoms with Crippen molar-refractivity contribution in [3.63, 3.8) is 0 Å². The van der Waals surface area contributed by atoms with E-state index in [1.54, 1.807) is 11.3 Å². The molecule has 1 aromatic rings. The maximum Gasteiger partial charge on any atom is 0.303 e. The molecule has 0 aromatic carbocycles. The van der Waals surface area contributed by atoms with Crippen molar-refractivity contribution in [3.8, 4) is 0 Å². The van der Waals surface area contributed by atoms with Crippen molar-refractivity contribution in [2.75, 3.05) is 13.1 Å². The van der Waals surface area contributed by atoms with Crippen LogP contribution in [-0.2, 0) is 11.3 Å². The van der Waals surface area contributed by atoms with Gasteiger partial charge in [0.1, 0.15) is 5.01 Å². The Bertz CT molecular complexity index is 457. The second kappa shape index (κ2) is 6.44. The number of likely N-dealkylation sites (tertiary alicyclic amines) is 1. The molecule has 0 unspecified atom stereocenters. The number of carboxylic acids is 1. The van der Waals surface area contributed by atoms with Crippen LogP contribution in [0.2, 0.25) is 0 Å². The summed E-state index contributed by atoms with van der Waals surface area (Å²) in [5.41, 5.74) is 0.508. The predicted octanol–water partition coefficient (Wildman–Crippen LogP) is 3.39. The Kier molecular flexibility index (Phi) is 4.60. The van der Waals surface area contributed by atoms with Crippen molar-refractivity contribution < 1.29 is 9.90 Å². The maximum absolute atomic E-state index is 10.8. The molecule has 2 aliphatic rings. The summed E-state index contributed by atoms with van der Waals surface area (Å²) in [4.78, 5) is 17.7. The summed E-state index contributed by atoms with van der Waals surface area (Å²) in [7, 11) is 0. The molecule has 21 heavy (non-hydrogen) atoms. The summed E-state index contributed by atoms with van der Waals surface area (Å²) < 4.78 is 0. The Morgan fingerprint density at radius 1 is 1.33 bits per heavy atom. The highest BCUT2D eigenvalue weighted by molar-refractivity contribution is 7.09. The molecule has 1 saturated heterocycles. The molecule has 5 heteroatoms. The van der Waals surface area contributed by atoms with Crippen LogP contribution in [0.3, 0.4) is 0 Å². The fraction of sp³-hybridized carbons (Fsp3) is 0.750. The highest BCUT2D eigenvalue weighted by Gasteiger charge is 2.38. The first-order valence-electron chi connectivity index (χ1n) is 7.98. The molecular formula is C16H24N2O2S. The second-order valence-corrected chi connectivity index (χ2v) is 7.72. The number of rotatable bonds is 4. The van der Waals surface area contributed by atoms with E-state index in [-0.39, 0.29) is 0 Å². The molecular weight excluding hydrogens is 284 g/mol. The van der Waals surface area contributed by atoms with E-state index >= 15 is 0 Å². The molecule has 0 bridgehead atoms. The number of carboxylic acid groups (broad SMARTS) is 1. The number of piperidine rings is 1. The normalized spacial score (nSPS) is 23.4. The minimum atomic E-state index is -0.630. The van der Waals surface area contributed by atoms with Crippen LogP contribution >= 0.6 is 11.3 Å². The van der Waals surface area contributed by atoms with Crippen molar-refractivity contribution in [3.05, 3.63) is 16.6 Å².